The number of rotatable bonds is 10. The molecular weight excluding hydrogens is 489 g/mol. The lowest BCUT2D eigenvalue weighted by Crippen LogP contribution is -2.38. The molecule has 0 aliphatic carbocycles. The smallest absolute Gasteiger partial charge is 0.412 e. The van der Waals surface area contributed by atoms with Crippen LogP contribution in [0.5, 0.6) is 0 Å². The molecule has 0 radical (unpaired) electrons. The van der Waals surface area contributed by atoms with Gasteiger partial charge in [-0.15, -0.1) is 0 Å². The highest BCUT2D eigenvalue weighted by atomic mass is 19.1. The van der Waals surface area contributed by atoms with Crippen LogP contribution in [0.3, 0.4) is 0 Å². The summed E-state index contributed by atoms with van der Waals surface area (Å²) in [5.41, 5.74) is 3.58. The highest BCUT2D eigenvalue weighted by molar-refractivity contribution is 5.90. The van der Waals surface area contributed by atoms with Gasteiger partial charge < -0.3 is 19.7 Å². The number of halogens is 1. The Hall–Kier alpha value is -4.50. The Kier molecular flexibility index (Phi) is 8.50. The number of nitrogens with zero attached hydrogens (tertiary/aromatic N) is 1. The van der Waals surface area contributed by atoms with Crippen LogP contribution in [0.2, 0.25) is 0 Å². The number of aliphatic carboxylic acids is 1. The van der Waals surface area contributed by atoms with E-state index in [9.17, 15) is 19.1 Å². The van der Waals surface area contributed by atoms with Crippen molar-refractivity contribution in [2.75, 3.05) is 5.32 Å². The summed E-state index contributed by atoms with van der Waals surface area (Å²) in [6.45, 7) is 3.76. The van der Waals surface area contributed by atoms with Gasteiger partial charge in [-0.1, -0.05) is 78.0 Å². The van der Waals surface area contributed by atoms with E-state index in [1.54, 1.807) is 44.2 Å². The highest BCUT2D eigenvalue weighted by Gasteiger charge is 2.21. The third kappa shape index (κ3) is 6.63. The topological polar surface area (TPSA) is 114 Å². The molecule has 1 amide bonds. The lowest BCUT2D eigenvalue weighted by molar-refractivity contribution is -0.139. The molecule has 9 heteroatoms. The molecule has 3 aromatic carbocycles. The highest BCUT2D eigenvalue weighted by Crippen LogP contribution is 2.31. The number of carbonyl (C=O) groups excluding carboxylic acids is 1. The molecule has 3 N–H and O–H groups in total. The molecule has 0 fully saturated rings. The van der Waals surface area contributed by atoms with Crippen LogP contribution in [0.4, 0.5) is 14.9 Å². The first-order chi connectivity index (χ1) is 18.3. The largest absolute Gasteiger partial charge is 0.480 e. The normalized spacial score (nSPS) is 12.5. The van der Waals surface area contributed by atoms with Gasteiger partial charge in [-0.3, -0.25) is 10.1 Å². The number of ether oxygens (including phenoxy) is 1. The van der Waals surface area contributed by atoms with E-state index in [2.05, 4.69) is 15.8 Å². The van der Waals surface area contributed by atoms with Crippen molar-refractivity contribution in [2.45, 2.75) is 39.0 Å². The van der Waals surface area contributed by atoms with Crippen molar-refractivity contribution in [3.05, 3.63) is 107 Å². The molecule has 4 aromatic rings. The van der Waals surface area contributed by atoms with Crippen LogP contribution in [0.15, 0.2) is 83.4 Å². The van der Waals surface area contributed by atoms with E-state index in [0.717, 1.165) is 11.1 Å². The fraction of sp³-hybridized carbons (Fsp3) is 0.207. The molecular formula is C29H28FN3O5. The predicted molar refractivity (Wildman–Crippen MR) is 140 cm³/mol. The van der Waals surface area contributed by atoms with Gasteiger partial charge in [0.25, 0.3) is 0 Å². The standard InChI is InChI=1S/C29H28FN3O5/c1-18-26(32-29(36)37-19(2)21-8-4-3-5-9-21)27(38-33-18)22-14-12-20(13-15-22)17-31-25(28(34)35)16-23-10-6-7-11-24(23)30/h3-15,19,25,31H,16-17H2,1-2H3,(H,32,36)(H,34,35)/t19-,25-/m1/s1. The van der Waals surface area contributed by atoms with Gasteiger partial charge in [0.15, 0.2) is 5.76 Å². The number of carboxylic acids is 1. The van der Waals surface area contributed by atoms with E-state index in [4.69, 9.17) is 9.26 Å². The first-order valence-corrected chi connectivity index (χ1v) is 12.1. The van der Waals surface area contributed by atoms with Crippen LogP contribution < -0.4 is 10.6 Å². The molecule has 0 aliphatic heterocycles. The van der Waals surface area contributed by atoms with E-state index < -0.39 is 30.0 Å². The van der Waals surface area contributed by atoms with Crippen LogP contribution in [0.1, 0.15) is 35.4 Å². The van der Waals surface area contributed by atoms with Crippen molar-refractivity contribution in [2.24, 2.45) is 0 Å². The number of anilines is 1. The molecule has 1 aromatic heterocycles. The maximum absolute atomic E-state index is 14.0. The minimum atomic E-state index is -1.06. The maximum Gasteiger partial charge on any atom is 0.412 e. The molecule has 0 unspecified atom stereocenters. The Balaban J connectivity index is 1.40. The van der Waals surface area contributed by atoms with Crippen LogP contribution in [-0.4, -0.2) is 28.4 Å². The van der Waals surface area contributed by atoms with Crippen LogP contribution >= 0.6 is 0 Å². The van der Waals surface area contributed by atoms with Gasteiger partial charge in [-0.25, -0.2) is 9.18 Å². The molecule has 8 nitrogen and oxygen atoms in total. The molecule has 0 spiro atoms. The Morgan fingerprint density at radius 2 is 1.71 bits per heavy atom. The summed E-state index contributed by atoms with van der Waals surface area (Å²) in [5, 5.41) is 19.2. The van der Waals surface area contributed by atoms with Gasteiger partial charge in [-0.05, 0) is 36.6 Å². The number of amides is 1. The second-order valence-corrected chi connectivity index (χ2v) is 8.82. The van der Waals surface area contributed by atoms with Crippen LogP contribution in [0, 0.1) is 12.7 Å². The van der Waals surface area contributed by atoms with Gasteiger partial charge >= 0.3 is 12.1 Å². The van der Waals surface area contributed by atoms with Gasteiger partial charge in [-0.2, -0.15) is 0 Å². The first kappa shape index (κ1) is 26.6. The molecule has 1 heterocycles. The predicted octanol–water partition coefficient (Wildman–Crippen LogP) is 5.88. The Labute approximate surface area is 219 Å². The monoisotopic (exact) mass is 517 g/mol. The lowest BCUT2D eigenvalue weighted by Gasteiger charge is -2.15. The number of carbonyl (C=O) groups is 2. The summed E-state index contributed by atoms with van der Waals surface area (Å²) >= 11 is 0. The minimum Gasteiger partial charge on any atom is -0.480 e. The SMILES string of the molecule is Cc1noc(-c2ccc(CN[C@H](Cc3ccccc3F)C(=O)O)cc2)c1NC(=O)O[C@H](C)c1ccccc1. The number of hydrogen-bond donors (Lipinski definition) is 3. The first-order valence-electron chi connectivity index (χ1n) is 12.1. The van der Waals surface area contributed by atoms with Crippen molar-refractivity contribution in [1.29, 1.82) is 0 Å². The van der Waals surface area contributed by atoms with E-state index in [-0.39, 0.29) is 13.0 Å². The van der Waals surface area contributed by atoms with Crippen molar-refractivity contribution in [3.8, 4) is 11.3 Å². The second kappa shape index (κ2) is 12.2. The van der Waals surface area contributed by atoms with E-state index in [1.807, 2.05) is 42.5 Å². The third-order valence-electron chi connectivity index (χ3n) is 6.09. The van der Waals surface area contributed by atoms with Gasteiger partial charge in [0.1, 0.15) is 29.3 Å². The van der Waals surface area contributed by atoms with E-state index >= 15 is 0 Å². The number of hydrogen-bond acceptors (Lipinski definition) is 6. The molecule has 38 heavy (non-hydrogen) atoms. The number of aromatic nitrogens is 1. The molecule has 0 aliphatic rings. The molecule has 0 saturated carbocycles. The van der Waals surface area contributed by atoms with Crippen LogP contribution in [0.25, 0.3) is 11.3 Å². The van der Waals surface area contributed by atoms with Crippen molar-refractivity contribution in [3.63, 3.8) is 0 Å². The number of nitrogens with one attached hydrogen (secondary N) is 2. The second-order valence-electron chi connectivity index (χ2n) is 8.82. The molecule has 2 atom stereocenters. The average molecular weight is 518 g/mol. The zero-order valence-corrected chi connectivity index (χ0v) is 21.0. The molecule has 0 saturated heterocycles. The minimum absolute atomic E-state index is 0.0193. The number of benzene rings is 3. The fourth-order valence-corrected chi connectivity index (χ4v) is 3.94. The fourth-order valence-electron chi connectivity index (χ4n) is 3.94. The maximum atomic E-state index is 14.0. The molecule has 196 valence electrons. The Morgan fingerprint density at radius 1 is 1.03 bits per heavy atom. The Morgan fingerprint density at radius 3 is 2.39 bits per heavy atom. The molecule has 4 rings (SSSR count). The summed E-state index contributed by atoms with van der Waals surface area (Å²) in [6.07, 6.45) is -1.06. The summed E-state index contributed by atoms with van der Waals surface area (Å²) in [6, 6.07) is 21.7. The zero-order valence-electron chi connectivity index (χ0n) is 21.0. The van der Waals surface area contributed by atoms with Crippen molar-refractivity contribution in [1.82, 2.24) is 10.5 Å². The number of carboxylic acid groups (broad SMARTS) is 1. The van der Waals surface area contributed by atoms with Gasteiger partial charge in [0.05, 0.1) is 0 Å². The van der Waals surface area contributed by atoms with E-state index in [0.29, 0.717) is 28.3 Å². The summed E-state index contributed by atoms with van der Waals surface area (Å²) in [4.78, 5) is 24.3. The lowest BCUT2D eigenvalue weighted by atomic mass is 10.0. The summed E-state index contributed by atoms with van der Waals surface area (Å²) in [7, 11) is 0. The van der Waals surface area contributed by atoms with Crippen LogP contribution in [-0.2, 0) is 22.5 Å². The summed E-state index contributed by atoms with van der Waals surface area (Å²) in [5.74, 6) is -1.13. The van der Waals surface area contributed by atoms with Gasteiger partial charge in [0.2, 0.25) is 0 Å². The third-order valence-corrected chi connectivity index (χ3v) is 6.09. The van der Waals surface area contributed by atoms with Crippen molar-refractivity contribution < 1.29 is 28.3 Å². The average Bonchev–Trinajstić information content (AvgIpc) is 3.27. The number of aryl methyl sites for hydroxylation is 1. The van der Waals surface area contributed by atoms with E-state index in [1.165, 1.54) is 6.07 Å². The zero-order chi connectivity index (χ0) is 27.1. The quantitative estimate of drug-likeness (QED) is 0.241. The van der Waals surface area contributed by atoms with Crippen molar-refractivity contribution >= 4 is 17.7 Å². The molecule has 0 bridgehead atoms. The van der Waals surface area contributed by atoms with Gasteiger partial charge in [0, 0.05) is 18.5 Å². The Bertz CT molecular complexity index is 1390. The summed E-state index contributed by atoms with van der Waals surface area (Å²) < 4.78 is 24.9.